The van der Waals surface area contributed by atoms with Crippen LogP contribution in [0.1, 0.15) is 28.4 Å². The second kappa shape index (κ2) is 16.4. The van der Waals surface area contributed by atoms with Gasteiger partial charge in [-0.05, 0) is 78.7 Å². The highest BCUT2D eigenvalue weighted by Gasteiger charge is 2.19. The van der Waals surface area contributed by atoms with E-state index in [9.17, 15) is 14.4 Å². The predicted molar refractivity (Wildman–Crippen MR) is 196 cm³/mol. The van der Waals surface area contributed by atoms with Gasteiger partial charge in [-0.15, -0.1) is 11.8 Å². The number of nitrogens with one attached hydrogen (secondary N) is 3. The van der Waals surface area contributed by atoms with E-state index >= 15 is 0 Å². The van der Waals surface area contributed by atoms with Crippen molar-refractivity contribution >= 4 is 46.9 Å². The molecule has 9 nitrogen and oxygen atoms in total. The number of benzene rings is 5. The van der Waals surface area contributed by atoms with E-state index in [0.717, 1.165) is 10.5 Å². The molecule has 0 spiro atoms. The molecule has 1 unspecified atom stereocenters. The third kappa shape index (κ3) is 9.33. The molecule has 1 aliphatic rings. The minimum atomic E-state index is -0.509. The van der Waals surface area contributed by atoms with Crippen LogP contribution in [-0.4, -0.2) is 36.2 Å². The zero-order valence-corrected chi connectivity index (χ0v) is 28.1. The van der Waals surface area contributed by atoms with Gasteiger partial charge in [-0.1, -0.05) is 66.7 Å². The summed E-state index contributed by atoms with van der Waals surface area (Å²) in [5.74, 6) is 0.800. The Balaban J connectivity index is 1.12. The Labute approximate surface area is 294 Å². The highest BCUT2D eigenvalue weighted by molar-refractivity contribution is 8.00. The first-order valence-corrected chi connectivity index (χ1v) is 16.9. The maximum atomic E-state index is 13.6. The zero-order chi connectivity index (χ0) is 34.7. The third-order valence-electron chi connectivity index (χ3n) is 7.55. The van der Waals surface area contributed by atoms with Crippen LogP contribution in [0.4, 0.5) is 11.4 Å². The third-order valence-corrected chi connectivity index (χ3v) is 8.65. The fourth-order valence-electron chi connectivity index (χ4n) is 4.98. The molecule has 1 aliphatic heterocycles. The Morgan fingerprint density at radius 1 is 0.760 bits per heavy atom. The van der Waals surface area contributed by atoms with Crippen LogP contribution >= 0.6 is 11.8 Å². The topological polar surface area (TPSA) is 115 Å². The second-order valence-corrected chi connectivity index (χ2v) is 12.7. The van der Waals surface area contributed by atoms with E-state index in [1.165, 1.54) is 11.8 Å². The summed E-state index contributed by atoms with van der Waals surface area (Å²) in [6.45, 7) is 3.18. The van der Waals surface area contributed by atoms with Gasteiger partial charge < -0.3 is 30.2 Å². The molecule has 0 radical (unpaired) electrons. The molecule has 50 heavy (non-hydrogen) atoms. The molecule has 0 saturated heterocycles. The van der Waals surface area contributed by atoms with E-state index in [1.807, 2.05) is 66.7 Å². The summed E-state index contributed by atoms with van der Waals surface area (Å²) in [5.41, 5.74) is 3.33. The Bertz CT molecular complexity index is 1980. The molecule has 0 fully saturated rings. The summed E-state index contributed by atoms with van der Waals surface area (Å²) in [6, 6.07) is 38.3. The molecular weight excluding hydrogens is 651 g/mol. The van der Waals surface area contributed by atoms with Crippen LogP contribution in [0.15, 0.2) is 138 Å². The van der Waals surface area contributed by atoms with Gasteiger partial charge in [0.25, 0.3) is 11.8 Å². The van der Waals surface area contributed by atoms with E-state index in [1.54, 1.807) is 73.7 Å². The normalized spacial score (nSPS) is 12.7. The lowest BCUT2D eigenvalue weighted by Gasteiger charge is -2.19. The molecule has 1 heterocycles. The lowest BCUT2D eigenvalue weighted by atomic mass is 10.1. The van der Waals surface area contributed by atoms with E-state index in [-0.39, 0.29) is 11.6 Å². The maximum absolute atomic E-state index is 13.6. The molecular formula is C40H35N3O6S. The van der Waals surface area contributed by atoms with Gasteiger partial charge in [-0.25, -0.2) is 0 Å². The van der Waals surface area contributed by atoms with E-state index in [4.69, 9.17) is 14.2 Å². The lowest BCUT2D eigenvalue weighted by molar-refractivity contribution is -0.115. The standard InChI is InChI=1S/C40H35N3O6S/c1-27(38(44)41-32-17-20-36-37(25-32)48-22-21-47-36)50-34-14-8-13-31(24-34)42-40(46)35(43-39(45)30-11-6-3-7-12-30)23-28-15-18-33(19-16-28)49-26-29-9-4-2-5-10-29/h2-20,23-25,27H,21-22,26H2,1H3,(H,41,44)(H,42,46)(H,43,45)/b35-23+. The van der Waals surface area contributed by atoms with Crippen LogP contribution in [0, 0.1) is 0 Å². The fourth-order valence-corrected chi connectivity index (χ4v) is 5.90. The minimum absolute atomic E-state index is 0.0574. The van der Waals surface area contributed by atoms with Crippen LogP contribution in [0.2, 0.25) is 0 Å². The molecule has 252 valence electrons. The molecule has 0 saturated carbocycles. The van der Waals surface area contributed by atoms with Crippen molar-refractivity contribution in [1.29, 1.82) is 0 Å². The SMILES string of the molecule is CC(Sc1cccc(NC(=O)/C(=C\c2ccc(OCc3ccccc3)cc2)NC(=O)c2ccccc2)c1)C(=O)Nc1ccc2c(c1)OCCO2. The highest BCUT2D eigenvalue weighted by Crippen LogP contribution is 2.33. The Morgan fingerprint density at radius 3 is 2.22 bits per heavy atom. The number of carbonyl (C=O) groups is 3. The maximum Gasteiger partial charge on any atom is 0.272 e. The van der Waals surface area contributed by atoms with Gasteiger partial charge in [0, 0.05) is 27.9 Å². The van der Waals surface area contributed by atoms with Gasteiger partial charge in [0.15, 0.2) is 11.5 Å². The molecule has 0 aliphatic carbocycles. The van der Waals surface area contributed by atoms with Gasteiger partial charge >= 0.3 is 0 Å². The molecule has 0 bridgehead atoms. The number of carbonyl (C=O) groups excluding carboxylic acids is 3. The number of thioether (sulfide) groups is 1. The van der Waals surface area contributed by atoms with Crippen molar-refractivity contribution in [2.75, 3.05) is 23.8 Å². The number of hydrogen-bond acceptors (Lipinski definition) is 7. The summed E-state index contributed by atoms with van der Waals surface area (Å²) in [5, 5.41) is 8.14. The number of fused-ring (bicyclic) bond motifs is 1. The number of rotatable bonds is 12. The molecule has 3 amide bonds. The van der Waals surface area contributed by atoms with Gasteiger partial charge in [0.1, 0.15) is 31.3 Å². The Hall–Kier alpha value is -6.00. The smallest absolute Gasteiger partial charge is 0.272 e. The van der Waals surface area contributed by atoms with Crippen LogP contribution < -0.4 is 30.2 Å². The first-order valence-electron chi connectivity index (χ1n) is 16.0. The molecule has 1 atom stereocenters. The summed E-state index contributed by atoms with van der Waals surface area (Å²) < 4.78 is 17.1. The minimum Gasteiger partial charge on any atom is -0.489 e. The lowest BCUT2D eigenvalue weighted by Crippen LogP contribution is -2.30. The summed E-state index contributed by atoms with van der Waals surface area (Å²) >= 11 is 1.35. The van der Waals surface area contributed by atoms with Crippen LogP contribution in [0.3, 0.4) is 0 Å². The summed E-state index contributed by atoms with van der Waals surface area (Å²) in [4.78, 5) is 40.6. The van der Waals surface area contributed by atoms with E-state index in [0.29, 0.717) is 59.6 Å². The van der Waals surface area contributed by atoms with Gasteiger partial charge in [-0.2, -0.15) is 0 Å². The number of ether oxygens (including phenoxy) is 3. The van der Waals surface area contributed by atoms with Crippen LogP contribution in [0.25, 0.3) is 6.08 Å². The molecule has 5 aromatic carbocycles. The van der Waals surface area contributed by atoms with Crippen LogP contribution in [-0.2, 0) is 16.2 Å². The molecule has 3 N–H and O–H groups in total. The average Bonchev–Trinajstić information content (AvgIpc) is 3.15. The van der Waals surface area contributed by atoms with Crippen molar-refractivity contribution in [2.24, 2.45) is 0 Å². The highest BCUT2D eigenvalue weighted by atomic mass is 32.2. The monoisotopic (exact) mass is 685 g/mol. The van der Waals surface area contributed by atoms with Crippen molar-refractivity contribution in [2.45, 2.75) is 23.7 Å². The van der Waals surface area contributed by atoms with Gasteiger partial charge in [0.2, 0.25) is 5.91 Å². The van der Waals surface area contributed by atoms with Gasteiger partial charge in [-0.3, -0.25) is 14.4 Å². The largest absolute Gasteiger partial charge is 0.489 e. The quantitative estimate of drug-likeness (QED) is 0.0917. The first kappa shape index (κ1) is 33.9. The van der Waals surface area contributed by atoms with E-state index < -0.39 is 17.1 Å². The van der Waals surface area contributed by atoms with Crippen LogP contribution in [0.5, 0.6) is 17.2 Å². The Kier molecular flexibility index (Phi) is 11.1. The molecule has 10 heteroatoms. The van der Waals surface area contributed by atoms with Crippen molar-refractivity contribution in [3.05, 3.63) is 150 Å². The molecule has 6 rings (SSSR count). The molecule has 0 aromatic heterocycles. The first-order chi connectivity index (χ1) is 24.4. The second-order valence-electron chi connectivity index (χ2n) is 11.3. The summed E-state index contributed by atoms with van der Waals surface area (Å²) in [6.07, 6.45) is 1.61. The number of hydrogen-bond donors (Lipinski definition) is 3. The average molecular weight is 686 g/mol. The fraction of sp³-hybridized carbons (Fsp3) is 0.125. The summed E-state index contributed by atoms with van der Waals surface area (Å²) in [7, 11) is 0. The zero-order valence-electron chi connectivity index (χ0n) is 27.3. The Morgan fingerprint density at radius 2 is 1.46 bits per heavy atom. The van der Waals surface area contributed by atoms with Crippen molar-refractivity contribution in [3.8, 4) is 17.2 Å². The molecule has 5 aromatic rings. The van der Waals surface area contributed by atoms with Crippen molar-refractivity contribution in [3.63, 3.8) is 0 Å². The number of anilines is 2. The number of amides is 3. The van der Waals surface area contributed by atoms with Crippen molar-refractivity contribution in [1.82, 2.24) is 5.32 Å². The predicted octanol–water partition coefficient (Wildman–Crippen LogP) is 7.57. The van der Waals surface area contributed by atoms with Gasteiger partial charge in [0.05, 0.1) is 5.25 Å². The van der Waals surface area contributed by atoms with Crippen molar-refractivity contribution < 1.29 is 28.6 Å². The van der Waals surface area contributed by atoms with E-state index in [2.05, 4.69) is 16.0 Å².